The van der Waals surface area contributed by atoms with Gasteiger partial charge in [0.1, 0.15) is 4.90 Å². The maximum atomic E-state index is 11.2. The van der Waals surface area contributed by atoms with Gasteiger partial charge in [-0.2, -0.15) is 8.42 Å². The Labute approximate surface area is 115 Å². The number of hydrogen-bond acceptors (Lipinski definition) is 2. The van der Waals surface area contributed by atoms with Crippen molar-refractivity contribution in [1.82, 2.24) is 0 Å². The molecule has 1 N–H and O–H groups in total. The third-order valence-electron chi connectivity index (χ3n) is 2.40. The average molecular weight is 303 g/mol. The van der Waals surface area contributed by atoms with Gasteiger partial charge in [0.2, 0.25) is 0 Å². The Hall–Kier alpha value is -1.07. The fourth-order valence-corrected chi connectivity index (χ4v) is 3.05. The zero-order chi connectivity index (χ0) is 13.3. The lowest BCUT2D eigenvalue weighted by molar-refractivity contribution is 0.483. The molecule has 94 valence electrons. The van der Waals surface area contributed by atoms with Crippen LogP contribution in [0.5, 0.6) is 0 Å². The molecule has 0 fully saturated rings. The first-order chi connectivity index (χ1) is 8.41. The van der Waals surface area contributed by atoms with Gasteiger partial charge in [-0.1, -0.05) is 53.5 Å². The second-order valence-electron chi connectivity index (χ2n) is 3.58. The minimum Gasteiger partial charge on any atom is -0.282 e. The monoisotopic (exact) mass is 302 g/mol. The summed E-state index contributed by atoms with van der Waals surface area (Å²) in [5.74, 6) is 0. The smallest absolute Gasteiger partial charge is 0.282 e. The summed E-state index contributed by atoms with van der Waals surface area (Å²) in [6, 6.07) is 11.4. The molecule has 18 heavy (non-hydrogen) atoms. The Morgan fingerprint density at radius 3 is 2.11 bits per heavy atom. The molecular formula is C12H8Cl2O3S. The summed E-state index contributed by atoms with van der Waals surface area (Å²) in [5, 5.41) is 0.231. The van der Waals surface area contributed by atoms with Crippen LogP contribution in [0.4, 0.5) is 0 Å². The molecule has 0 saturated carbocycles. The van der Waals surface area contributed by atoms with Crippen molar-refractivity contribution in [3.05, 3.63) is 52.5 Å². The zero-order valence-corrected chi connectivity index (χ0v) is 11.3. The van der Waals surface area contributed by atoms with Crippen molar-refractivity contribution in [2.24, 2.45) is 0 Å². The van der Waals surface area contributed by atoms with E-state index in [0.29, 0.717) is 16.1 Å². The van der Waals surface area contributed by atoms with E-state index in [-0.39, 0.29) is 9.92 Å². The highest BCUT2D eigenvalue weighted by Crippen LogP contribution is 2.38. The van der Waals surface area contributed by atoms with Crippen LogP contribution < -0.4 is 0 Å². The van der Waals surface area contributed by atoms with E-state index in [1.807, 2.05) is 6.07 Å². The van der Waals surface area contributed by atoms with Crippen molar-refractivity contribution < 1.29 is 13.0 Å². The zero-order valence-electron chi connectivity index (χ0n) is 8.97. The summed E-state index contributed by atoms with van der Waals surface area (Å²) in [6.45, 7) is 0. The third kappa shape index (κ3) is 2.52. The van der Waals surface area contributed by atoms with Gasteiger partial charge in [-0.15, -0.1) is 0 Å². The Balaban J connectivity index is 2.76. The first-order valence-corrected chi connectivity index (χ1v) is 7.12. The molecule has 0 heterocycles. The van der Waals surface area contributed by atoms with Crippen LogP contribution in [0.3, 0.4) is 0 Å². The van der Waals surface area contributed by atoms with Crippen LogP contribution in [0.15, 0.2) is 47.4 Å². The number of benzene rings is 2. The highest BCUT2D eigenvalue weighted by molar-refractivity contribution is 7.86. The topological polar surface area (TPSA) is 54.4 Å². The van der Waals surface area contributed by atoms with Crippen molar-refractivity contribution in [2.45, 2.75) is 4.90 Å². The molecule has 0 atom stereocenters. The molecule has 0 saturated heterocycles. The second kappa shape index (κ2) is 4.90. The molecule has 0 aliphatic rings. The largest absolute Gasteiger partial charge is 0.296 e. The maximum Gasteiger partial charge on any atom is 0.296 e. The quantitative estimate of drug-likeness (QED) is 0.856. The van der Waals surface area contributed by atoms with E-state index in [9.17, 15) is 8.42 Å². The van der Waals surface area contributed by atoms with Crippen molar-refractivity contribution in [2.75, 3.05) is 0 Å². The molecule has 2 aromatic carbocycles. The van der Waals surface area contributed by atoms with E-state index in [2.05, 4.69) is 0 Å². The van der Waals surface area contributed by atoms with Gasteiger partial charge in [0.05, 0.1) is 5.02 Å². The minimum absolute atomic E-state index is 0.0869. The van der Waals surface area contributed by atoms with Crippen molar-refractivity contribution in [1.29, 1.82) is 0 Å². The van der Waals surface area contributed by atoms with Crippen LogP contribution in [0.25, 0.3) is 11.1 Å². The van der Waals surface area contributed by atoms with Gasteiger partial charge in [-0.25, -0.2) is 0 Å². The average Bonchev–Trinajstić information content (AvgIpc) is 2.28. The fraction of sp³-hybridized carbons (Fsp3) is 0. The Bertz CT molecular complexity index is 682. The summed E-state index contributed by atoms with van der Waals surface area (Å²) in [5.41, 5.74) is 1.06. The Morgan fingerprint density at radius 1 is 0.944 bits per heavy atom. The first-order valence-electron chi connectivity index (χ1n) is 4.92. The minimum atomic E-state index is -4.37. The molecule has 0 aliphatic heterocycles. The highest BCUT2D eigenvalue weighted by Gasteiger charge is 2.20. The predicted molar refractivity (Wildman–Crippen MR) is 71.7 cm³/mol. The molecule has 2 rings (SSSR count). The first kappa shape index (κ1) is 13.4. The van der Waals surface area contributed by atoms with Gasteiger partial charge in [0.25, 0.3) is 10.1 Å². The Morgan fingerprint density at radius 2 is 1.56 bits per heavy atom. The van der Waals surface area contributed by atoms with E-state index < -0.39 is 10.1 Å². The van der Waals surface area contributed by atoms with E-state index in [0.717, 1.165) is 0 Å². The Kier molecular flexibility index (Phi) is 3.64. The summed E-state index contributed by atoms with van der Waals surface area (Å²) in [4.78, 5) is -0.354. The molecule has 0 radical (unpaired) electrons. The van der Waals surface area contributed by atoms with E-state index in [1.54, 1.807) is 24.3 Å². The molecule has 0 bridgehead atoms. The summed E-state index contributed by atoms with van der Waals surface area (Å²) < 4.78 is 31.4. The number of halogens is 2. The third-order valence-corrected chi connectivity index (χ3v) is 4.11. The highest BCUT2D eigenvalue weighted by atomic mass is 35.5. The van der Waals surface area contributed by atoms with Gasteiger partial charge < -0.3 is 0 Å². The van der Waals surface area contributed by atoms with Crippen LogP contribution >= 0.6 is 23.2 Å². The fourth-order valence-electron chi connectivity index (χ4n) is 1.60. The molecule has 0 spiro atoms. The summed E-state index contributed by atoms with van der Waals surface area (Å²) >= 11 is 12.0. The molecule has 0 aromatic heterocycles. The summed E-state index contributed by atoms with van der Waals surface area (Å²) in [7, 11) is -4.37. The van der Waals surface area contributed by atoms with Crippen LogP contribution in [0.1, 0.15) is 0 Å². The lowest BCUT2D eigenvalue weighted by atomic mass is 10.1. The maximum absolute atomic E-state index is 11.2. The lowest BCUT2D eigenvalue weighted by Crippen LogP contribution is -2.00. The molecule has 2 aromatic rings. The normalized spacial score (nSPS) is 11.5. The second-order valence-corrected chi connectivity index (χ2v) is 5.75. The van der Waals surface area contributed by atoms with Crippen LogP contribution in [-0.2, 0) is 10.1 Å². The van der Waals surface area contributed by atoms with E-state index in [4.69, 9.17) is 27.8 Å². The molecule has 6 heteroatoms. The number of hydrogen-bond donors (Lipinski definition) is 1. The van der Waals surface area contributed by atoms with Gasteiger partial charge in [0, 0.05) is 10.6 Å². The van der Waals surface area contributed by atoms with Gasteiger partial charge in [0.15, 0.2) is 0 Å². The molecule has 3 nitrogen and oxygen atoms in total. The predicted octanol–water partition coefficient (Wildman–Crippen LogP) is 3.91. The van der Waals surface area contributed by atoms with Crippen molar-refractivity contribution >= 4 is 33.3 Å². The number of rotatable bonds is 2. The van der Waals surface area contributed by atoms with Gasteiger partial charge >= 0.3 is 0 Å². The van der Waals surface area contributed by atoms with Crippen LogP contribution in [0.2, 0.25) is 10.0 Å². The van der Waals surface area contributed by atoms with E-state index >= 15 is 0 Å². The van der Waals surface area contributed by atoms with Crippen LogP contribution in [-0.4, -0.2) is 13.0 Å². The molecule has 0 amide bonds. The van der Waals surface area contributed by atoms with Crippen molar-refractivity contribution in [3.63, 3.8) is 0 Å². The van der Waals surface area contributed by atoms with Crippen LogP contribution in [0, 0.1) is 0 Å². The van der Waals surface area contributed by atoms with E-state index in [1.165, 1.54) is 12.1 Å². The molecular weight excluding hydrogens is 295 g/mol. The van der Waals surface area contributed by atoms with Gasteiger partial charge in [-0.05, 0) is 17.7 Å². The standard InChI is InChI=1S/C12H8Cl2O3S/c13-9-6-7-10(18(15,16)17)12(14)11(9)8-4-2-1-3-5-8/h1-7H,(H,15,16,17). The lowest BCUT2D eigenvalue weighted by Gasteiger charge is -2.10. The van der Waals surface area contributed by atoms with Crippen molar-refractivity contribution in [3.8, 4) is 11.1 Å². The molecule has 0 unspecified atom stereocenters. The molecule has 0 aliphatic carbocycles. The summed E-state index contributed by atoms with van der Waals surface area (Å²) in [6.07, 6.45) is 0. The van der Waals surface area contributed by atoms with Gasteiger partial charge in [-0.3, -0.25) is 4.55 Å². The SMILES string of the molecule is O=S(=O)(O)c1ccc(Cl)c(-c2ccccc2)c1Cl.